The number of pyridine rings is 1. The Morgan fingerprint density at radius 3 is 2.23 bits per heavy atom. The summed E-state index contributed by atoms with van der Waals surface area (Å²) in [5.41, 5.74) is 1.95. The van der Waals surface area contributed by atoms with E-state index in [2.05, 4.69) is 24.0 Å². The molecular formula is C20H29NO. The van der Waals surface area contributed by atoms with Crippen LogP contribution < -0.4 is 5.56 Å². The van der Waals surface area contributed by atoms with Gasteiger partial charge in [-0.1, -0.05) is 76.5 Å². The van der Waals surface area contributed by atoms with E-state index in [4.69, 9.17) is 0 Å². The number of hydrogen-bond donors (Lipinski definition) is 1. The second-order valence-corrected chi connectivity index (χ2v) is 6.29. The molecule has 0 unspecified atom stereocenters. The van der Waals surface area contributed by atoms with E-state index in [9.17, 15) is 4.79 Å². The van der Waals surface area contributed by atoms with Gasteiger partial charge in [-0.15, -0.1) is 0 Å². The second-order valence-electron chi connectivity index (χ2n) is 6.29. The fraction of sp³-hybridized carbons (Fsp3) is 0.550. The van der Waals surface area contributed by atoms with Gasteiger partial charge in [0, 0.05) is 11.1 Å². The van der Waals surface area contributed by atoms with Crippen molar-refractivity contribution < 1.29 is 0 Å². The molecule has 0 aliphatic rings. The standard InChI is InChI=1S/C20H29NO/c1-2-3-4-5-6-7-8-9-10-14-18-16-17-13-11-12-15-19(17)21-20(18)22/h11-13,15-16H,2-10,14H2,1H3,(H,21,22). The van der Waals surface area contributed by atoms with Gasteiger partial charge < -0.3 is 4.98 Å². The Kier molecular flexibility index (Phi) is 7.21. The Labute approximate surface area is 134 Å². The maximum atomic E-state index is 12.0. The molecule has 0 radical (unpaired) electrons. The molecule has 0 amide bonds. The van der Waals surface area contributed by atoms with Crippen LogP contribution in [-0.4, -0.2) is 4.98 Å². The Bertz CT molecular complexity index is 614. The molecule has 0 spiro atoms. The van der Waals surface area contributed by atoms with Crippen LogP contribution in [0.2, 0.25) is 0 Å². The van der Waals surface area contributed by atoms with Crippen molar-refractivity contribution in [3.05, 3.63) is 46.2 Å². The number of aromatic amines is 1. The molecule has 2 rings (SSSR count). The lowest BCUT2D eigenvalue weighted by Gasteiger charge is -2.04. The third-order valence-electron chi connectivity index (χ3n) is 4.38. The summed E-state index contributed by atoms with van der Waals surface area (Å²) in [5.74, 6) is 0. The number of unbranched alkanes of at least 4 members (excludes halogenated alkanes) is 8. The molecule has 0 saturated carbocycles. The van der Waals surface area contributed by atoms with Crippen LogP contribution in [0.4, 0.5) is 0 Å². The van der Waals surface area contributed by atoms with Gasteiger partial charge >= 0.3 is 0 Å². The molecule has 1 N–H and O–H groups in total. The Morgan fingerprint density at radius 2 is 1.50 bits per heavy atom. The molecule has 0 bridgehead atoms. The molecule has 2 heteroatoms. The van der Waals surface area contributed by atoms with Gasteiger partial charge in [-0.25, -0.2) is 0 Å². The predicted octanol–water partition coefficient (Wildman–Crippen LogP) is 5.60. The number of para-hydroxylation sites is 1. The lowest BCUT2D eigenvalue weighted by Crippen LogP contribution is -2.12. The molecule has 1 heterocycles. The van der Waals surface area contributed by atoms with Crippen LogP contribution in [0.25, 0.3) is 10.9 Å². The van der Waals surface area contributed by atoms with Gasteiger partial charge in [0.15, 0.2) is 0 Å². The highest BCUT2D eigenvalue weighted by Gasteiger charge is 2.02. The van der Waals surface area contributed by atoms with Crippen molar-refractivity contribution in [2.45, 2.75) is 71.1 Å². The highest BCUT2D eigenvalue weighted by molar-refractivity contribution is 5.78. The summed E-state index contributed by atoms with van der Waals surface area (Å²) in [6.45, 7) is 2.26. The molecular weight excluding hydrogens is 270 g/mol. The first-order valence-electron chi connectivity index (χ1n) is 8.92. The average Bonchev–Trinajstić information content (AvgIpc) is 2.53. The van der Waals surface area contributed by atoms with E-state index < -0.39 is 0 Å². The molecule has 0 fully saturated rings. The third kappa shape index (κ3) is 5.32. The summed E-state index contributed by atoms with van der Waals surface area (Å²) >= 11 is 0. The topological polar surface area (TPSA) is 32.9 Å². The average molecular weight is 299 g/mol. The van der Waals surface area contributed by atoms with Gasteiger partial charge in [0.05, 0.1) is 0 Å². The van der Waals surface area contributed by atoms with Crippen molar-refractivity contribution in [1.82, 2.24) is 4.98 Å². The molecule has 0 saturated heterocycles. The van der Waals surface area contributed by atoms with Crippen molar-refractivity contribution in [3.8, 4) is 0 Å². The number of rotatable bonds is 10. The largest absolute Gasteiger partial charge is 0.322 e. The van der Waals surface area contributed by atoms with E-state index in [0.717, 1.165) is 29.3 Å². The summed E-state index contributed by atoms with van der Waals surface area (Å²) in [5, 5.41) is 1.13. The minimum absolute atomic E-state index is 0.0817. The quantitative estimate of drug-likeness (QED) is 0.569. The lowest BCUT2D eigenvalue weighted by molar-refractivity contribution is 0.564. The Morgan fingerprint density at radius 1 is 0.864 bits per heavy atom. The molecule has 0 atom stereocenters. The third-order valence-corrected chi connectivity index (χ3v) is 4.38. The molecule has 22 heavy (non-hydrogen) atoms. The minimum atomic E-state index is 0.0817. The maximum Gasteiger partial charge on any atom is 0.251 e. The zero-order chi connectivity index (χ0) is 15.6. The normalized spacial score (nSPS) is 11.1. The monoisotopic (exact) mass is 299 g/mol. The van der Waals surface area contributed by atoms with Crippen LogP contribution in [0.1, 0.15) is 70.3 Å². The zero-order valence-corrected chi connectivity index (χ0v) is 13.9. The number of aromatic nitrogens is 1. The first-order chi connectivity index (χ1) is 10.8. The summed E-state index contributed by atoms with van der Waals surface area (Å²) < 4.78 is 0. The minimum Gasteiger partial charge on any atom is -0.322 e. The number of H-pyrrole nitrogens is 1. The first-order valence-corrected chi connectivity index (χ1v) is 8.92. The van der Waals surface area contributed by atoms with Crippen molar-refractivity contribution >= 4 is 10.9 Å². The van der Waals surface area contributed by atoms with Crippen LogP contribution in [0, 0.1) is 0 Å². The van der Waals surface area contributed by atoms with Crippen LogP contribution in [-0.2, 0) is 6.42 Å². The van der Waals surface area contributed by atoms with Gasteiger partial charge in [0.2, 0.25) is 0 Å². The van der Waals surface area contributed by atoms with Crippen LogP contribution in [0.5, 0.6) is 0 Å². The van der Waals surface area contributed by atoms with E-state index in [0.29, 0.717) is 0 Å². The predicted molar refractivity (Wildman–Crippen MR) is 95.5 cm³/mol. The SMILES string of the molecule is CCCCCCCCCCCc1cc2ccccc2[nH]c1=O. The molecule has 1 aromatic carbocycles. The molecule has 2 nitrogen and oxygen atoms in total. The van der Waals surface area contributed by atoms with Crippen molar-refractivity contribution in [2.75, 3.05) is 0 Å². The Balaban J connectivity index is 1.69. The first kappa shape index (κ1) is 16.8. The zero-order valence-electron chi connectivity index (χ0n) is 13.9. The van der Waals surface area contributed by atoms with E-state index in [1.807, 2.05) is 18.2 Å². The van der Waals surface area contributed by atoms with E-state index in [1.54, 1.807) is 0 Å². The van der Waals surface area contributed by atoms with Gasteiger partial charge in [-0.05, 0) is 30.4 Å². The summed E-state index contributed by atoms with van der Waals surface area (Å²) in [7, 11) is 0. The van der Waals surface area contributed by atoms with Gasteiger partial charge in [0.25, 0.3) is 5.56 Å². The Hall–Kier alpha value is -1.57. The molecule has 1 aromatic heterocycles. The number of benzene rings is 1. The number of aryl methyl sites for hydroxylation is 1. The van der Waals surface area contributed by atoms with Crippen molar-refractivity contribution in [1.29, 1.82) is 0 Å². The fourth-order valence-electron chi connectivity index (χ4n) is 3.00. The molecule has 0 aliphatic heterocycles. The second kappa shape index (κ2) is 9.45. The van der Waals surface area contributed by atoms with E-state index in [-0.39, 0.29) is 5.56 Å². The molecule has 120 valence electrons. The van der Waals surface area contributed by atoms with Gasteiger partial charge in [-0.3, -0.25) is 4.79 Å². The van der Waals surface area contributed by atoms with Gasteiger partial charge in [-0.2, -0.15) is 0 Å². The summed E-state index contributed by atoms with van der Waals surface area (Å²) in [4.78, 5) is 15.0. The number of fused-ring (bicyclic) bond motifs is 1. The van der Waals surface area contributed by atoms with Crippen LogP contribution in [0.15, 0.2) is 35.1 Å². The summed E-state index contributed by atoms with van der Waals surface area (Å²) in [6.07, 6.45) is 12.8. The van der Waals surface area contributed by atoms with E-state index in [1.165, 1.54) is 51.4 Å². The lowest BCUT2D eigenvalue weighted by atomic mass is 10.0. The van der Waals surface area contributed by atoms with E-state index >= 15 is 0 Å². The van der Waals surface area contributed by atoms with Gasteiger partial charge in [0.1, 0.15) is 0 Å². The highest BCUT2D eigenvalue weighted by Crippen LogP contribution is 2.13. The number of nitrogens with one attached hydrogen (secondary N) is 1. The maximum absolute atomic E-state index is 12.0. The van der Waals surface area contributed by atoms with Crippen molar-refractivity contribution in [3.63, 3.8) is 0 Å². The van der Waals surface area contributed by atoms with Crippen molar-refractivity contribution in [2.24, 2.45) is 0 Å². The fourth-order valence-corrected chi connectivity index (χ4v) is 3.00. The van der Waals surface area contributed by atoms with Crippen LogP contribution in [0.3, 0.4) is 0 Å². The highest BCUT2D eigenvalue weighted by atomic mass is 16.1. The summed E-state index contributed by atoms with van der Waals surface area (Å²) in [6, 6.07) is 10.0. The van der Waals surface area contributed by atoms with Crippen LogP contribution >= 0.6 is 0 Å². The smallest absolute Gasteiger partial charge is 0.251 e. The molecule has 2 aromatic rings. The number of hydrogen-bond acceptors (Lipinski definition) is 1. The molecule has 0 aliphatic carbocycles.